The Labute approximate surface area is 72.7 Å². The van der Waals surface area contributed by atoms with E-state index in [1.807, 2.05) is 0 Å². The lowest BCUT2D eigenvalue weighted by molar-refractivity contribution is 1.36. The molecule has 0 radical (unpaired) electrons. The number of hydrogen-bond acceptors (Lipinski definition) is 0. The van der Waals surface area contributed by atoms with Crippen LogP contribution >= 0.6 is 17.2 Å². The Hall–Kier alpha value is 0.0800. The van der Waals surface area contributed by atoms with Crippen LogP contribution in [0.3, 0.4) is 0 Å². The fourth-order valence-electron chi connectivity index (χ4n) is 1.41. The molecule has 0 saturated heterocycles. The van der Waals surface area contributed by atoms with Crippen LogP contribution in [0.4, 0.5) is 0 Å². The molecule has 1 aromatic rings. The topological polar surface area (TPSA) is 0 Å². The Balaban J connectivity index is 3.25. The third-order valence-electron chi connectivity index (χ3n) is 1.82. The van der Waals surface area contributed by atoms with E-state index in [0.717, 1.165) is 8.27 Å². The molecule has 1 rings (SSSR count). The van der Waals surface area contributed by atoms with Crippen molar-refractivity contribution in [2.45, 2.75) is 20.8 Å². The van der Waals surface area contributed by atoms with E-state index in [1.54, 1.807) is 0 Å². The fourth-order valence-corrected chi connectivity index (χ4v) is 3.37. The number of benzene rings is 1. The van der Waals surface area contributed by atoms with Crippen molar-refractivity contribution in [3.8, 4) is 0 Å². The van der Waals surface area contributed by atoms with E-state index in [4.69, 9.17) is 0 Å². The van der Waals surface area contributed by atoms with Gasteiger partial charge in [0.2, 0.25) is 0 Å². The van der Waals surface area contributed by atoms with Gasteiger partial charge in [0, 0.05) is 0 Å². The van der Waals surface area contributed by atoms with E-state index < -0.39 is 0 Å². The molecule has 0 aliphatic heterocycles. The minimum atomic E-state index is 0.841. The van der Waals surface area contributed by atoms with E-state index in [9.17, 15) is 0 Å². The van der Waals surface area contributed by atoms with Gasteiger partial charge in [0.15, 0.2) is 0 Å². The molecule has 0 N–H and O–H groups in total. The molecule has 0 bridgehead atoms. The minimum absolute atomic E-state index is 0.841. The van der Waals surface area contributed by atoms with Crippen molar-refractivity contribution < 1.29 is 0 Å². The van der Waals surface area contributed by atoms with Crippen molar-refractivity contribution in [3.63, 3.8) is 0 Å². The minimum Gasteiger partial charge on any atom is -0.110 e. The maximum absolute atomic E-state index is 2.81. The first-order valence-electron chi connectivity index (χ1n) is 3.69. The molecular formula is C9H14P2. The van der Waals surface area contributed by atoms with E-state index >= 15 is 0 Å². The molecule has 0 saturated carbocycles. The fraction of sp³-hybridized carbons (Fsp3) is 0.333. The van der Waals surface area contributed by atoms with Gasteiger partial charge in [-0.25, -0.2) is 0 Å². The second-order valence-electron chi connectivity index (χ2n) is 2.92. The molecule has 0 aromatic heterocycles. The molecule has 2 heteroatoms. The summed E-state index contributed by atoms with van der Waals surface area (Å²) in [4.78, 5) is 0. The maximum Gasteiger partial charge on any atom is -0.0174 e. The third-order valence-corrected chi connectivity index (χ3v) is 3.76. The molecule has 2 unspecified atom stereocenters. The van der Waals surface area contributed by atoms with Gasteiger partial charge in [-0.15, -0.1) is 8.93 Å². The van der Waals surface area contributed by atoms with E-state index in [0.29, 0.717) is 0 Å². The standard InChI is InChI=1S/C9H14P2/c1-6-4-7(2)9(11-10)8(3)5-6/h4-5,11H,10H2,1-3H3. The summed E-state index contributed by atoms with van der Waals surface area (Å²) in [6.45, 7) is 6.52. The van der Waals surface area contributed by atoms with Crippen LogP contribution < -0.4 is 5.30 Å². The van der Waals surface area contributed by atoms with Crippen molar-refractivity contribution >= 4 is 22.5 Å². The largest absolute Gasteiger partial charge is 0.110 e. The molecule has 1 aromatic carbocycles. The maximum atomic E-state index is 2.81. The van der Waals surface area contributed by atoms with Crippen LogP contribution in [0, 0.1) is 20.8 Å². The zero-order valence-electron chi connectivity index (χ0n) is 7.23. The zero-order valence-corrected chi connectivity index (χ0v) is 9.39. The van der Waals surface area contributed by atoms with Crippen molar-refractivity contribution in [1.82, 2.24) is 0 Å². The summed E-state index contributed by atoms with van der Waals surface area (Å²) in [5.41, 5.74) is 4.22. The Bertz CT molecular complexity index is 243. The second-order valence-corrected chi connectivity index (χ2v) is 4.57. The Kier molecular flexibility index (Phi) is 3.05. The predicted molar refractivity (Wildman–Crippen MR) is 58.3 cm³/mol. The van der Waals surface area contributed by atoms with Crippen LogP contribution in [0.25, 0.3) is 0 Å². The first-order valence-corrected chi connectivity index (χ1v) is 6.50. The van der Waals surface area contributed by atoms with E-state index in [2.05, 4.69) is 41.8 Å². The highest BCUT2D eigenvalue weighted by molar-refractivity contribution is 8.06. The summed E-state index contributed by atoms with van der Waals surface area (Å²) < 4.78 is 0. The van der Waals surface area contributed by atoms with Crippen molar-refractivity contribution in [1.29, 1.82) is 0 Å². The highest BCUT2D eigenvalue weighted by Gasteiger charge is 1.99. The van der Waals surface area contributed by atoms with Crippen LogP contribution in [-0.4, -0.2) is 0 Å². The van der Waals surface area contributed by atoms with Crippen LogP contribution in [-0.2, 0) is 0 Å². The summed E-state index contributed by atoms with van der Waals surface area (Å²) >= 11 is 0. The summed E-state index contributed by atoms with van der Waals surface area (Å²) in [6, 6.07) is 4.50. The number of aryl methyl sites for hydroxylation is 3. The SMILES string of the molecule is Cc1cc(C)c(PP)c(C)c1. The molecule has 0 aliphatic carbocycles. The predicted octanol–water partition coefficient (Wildman–Crippen LogP) is 2.71. The lowest BCUT2D eigenvalue weighted by Crippen LogP contribution is -2.03. The monoisotopic (exact) mass is 184 g/mol. The van der Waals surface area contributed by atoms with Crippen LogP contribution in [0.2, 0.25) is 0 Å². The smallest absolute Gasteiger partial charge is 0.0174 e. The molecule has 0 spiro atoms. The normalized spacial score (nSPS) is 11.3. The van der Waals surface area contributed by atoms with Crippen molar-refractivity contribution in [2.75, 3.05) is 0 Å². The van der Waals surface area contributed by atoms with E-state index in [-0.39, 0.29) is 0 Å². The molecular weight excluding hydrogens is 170 g/mol. The molecule has 2 atom stereocenters. The average molecular weight is 184 g/mol. The van der Waals surface area contributed by atoms with Crippen LogP contribution in [0.1, 0.15) is 16.7 Å². The van der Waals surface area contributed by atoms with Gasteiger partial charge in [-0.2, -0.15) is 0 Å². The van der Waals surface area contributed by atoms with Gasteiger partial charge in [0.05, 0.1) is 0 Å². The van der Waals surface area contributed by atoms with Gasteiger partial charge in [0.1, 0.15) is 0 Å². The third kappa shape index (κ3) is 2.01. The number of hydrogen-bond donors (Lipinski definition) is 0. The van der Waals surface area contributed by atoms with Gasteiger partial charge < -0.3 is 0 Å². The van der Waals surface area contributed by atoms with Gasteiger partial charge in [-0.1, -0.05) is 26.0 Å². The Morgan fingerprint density at radius 3 is 1.91 bits per heavy atom. The first kappa shape index (κ1) is 9.17. The summed E-state index contributed by atoms with van der Waals surface area (Å²) in [6.07, 6.45) is 0. The molecule has 0 heterocycles. The highest BCUT2D eigenvalue weighted by Crippen LogP contribution is 2.24. The van der Waals surface area contributed by atoms with E-state index in [1.165, 1.54) is 22.0 Å². The van der Waals surface area contributed by atoms with Gasteiger partial charge >= 0.3 is 0 Å². The van der Waals surface area contributed by atoms with Crippen LogP contribution in [0.15, 0.2) is 12.1 Å². The molecule has 0 aliphatic rings. The van der Waals surface area contributed by atoms with Gasteiger partial charge in [-0.3, -0.25) is 0 Å². The van der Waals surface area contributed by atoms with Crippen LogP contribution in [0.5, 0.6) is 0 Å². The molecule has 0 nitrogen and oxygen atoms in total. The molecule has 11 heavy (non-hydrogen) atoms. The average Bonchev–Trinajstić information content (AvgIpc) is 1.85. The molecule has 60 valence electrons. The lowest BCUT2D eigenvalue weighted by atomic mass is 10.1. The summed E-state index contributed by atoms with van der Waals surface area (Å²) in [5.74, 6) is 0. The Morgan fingerprint density at radius 1 is 1.09 bits per heavy atom. The Morgan fingerprint density at radius 2 is 1.55 bits per heavy atom. The van der Waals surface area contributed by atoms with Gasteiger partial charge in [-0.05, 0) is 37.2 Å². The lowest BCUT2D eigenvalue weighted by Gasteiger charge is -2.07. The molecule has 0 amide bonds. The quantitative estimate of drug-likeness (QED) is 0.588. The van der Waals surface area contributed by atoms with Gasteiger partial charge in [0.25, 0.3) is 0 Å². The highest BCUT2D eigenvalue weighted by atomic mass is 32.0. The zero-order chi connectivity index (χ0) is 8.43. The van der Waals surface area contributed by atoms with Crippen molar-refractivity contribution in [3.05, 3.63) is 28.8 Å². The molecule has 0 fully saturated rings. The van der Waals surface area contributed by atoms with Crippen molar-refractivity contribution in [2.24, 2.45) is 0 Å². The summed E-state index contributed by atoms with van der Waals surface area (Å²) in [7, 11) is 3.65. The first-order chi connectivity index (χ1) is 5.15. The summed E-state index contributed by atoms with van der Waals surface area (Å²) in [5, 5.41) is 1.50. The second kappa shape index (κ2) is 3.65. The number of rotatable bonds is 1.